The van der Waals surface area contributed by atoms with Crippen molar-refractivity contribution in [2.45, 2.75) is 27.3 Å². The summed E-state index contributed by atoms with van der Waals surface area (Å²) < 4.78 is 13.2. The second-order valence-corrected chi connectivity index (χ2v) is 10.6. The molecule has 10 heteroatoms. The van der Waals surface area contributed by atoms with E-state index in [1.165, 1.54) is 7.11 Å². The Morgan fingerprint density at radius 3 is 2.62 bits per heavy atom. The molecule has 1 amide bonds. The minimum atomic E-state index is -0.283. The van der Waals surface area contributed by atoms with Crippen molar-refractivity contribution in [3.8, 4) is 16.9 Å². The van der Waals surface area contributed by atoms with Crippen molar-refractivity contribution in [2.24, 2.45) is 0 Å². The quantitative estimate of drug-likeness (QED) is 0.330. The van der Waals surface area contributed by atoms with Gasteiger partial charge in [-0.3, -0.25) is 9.59 Å². The van der Waals surface area contributed by atoms with Crippen LogP contribution in [0.25, 0.3) is 22.3 Å². The van der Waals surface area contributed by atoms with Crippen LogP contribution >= 0.6 is 0 Å². The number of ether oxygens (including phenoxy) is 2. The zero-order valence-electron chi connectivity index (χ0n) is 25.1. The number of rotatable bonds is 8. The molecule has 5 heterocycles. The number of nitrogens with zero attached hydrogens (tertiary/aromatic N) is 4. The molecule has 0 atom stereocenters. The molecule has 0 radical (unpaired) electrons. The second-order valence-electron chi connectivity index (χ2n) is 10.6. The third-order valence-electron chi connectivity index (χ3n) is 7.67. The largest absolute Gasteiger partial charge is 0.496 e. The number of carbonyl (C=O) groups is 1. The van der Waals surface area contributed by atoms with E-state index in [1.807, 2.05) is 51.2 Å². The van der Waals surface area contributed by atoms with Crippen molar-refractivity contribution in [3.63, 3.8) is 0 Å². The summed E-state index contributed by atoms with van der Waals surface area (Å²) in [6, 6.07) is 9.80. The summed E-state index contributed by atoms with van der Waals surface area (Å²) in [6.45, 7) is 8.64. The van der Waals surface area contributed by atoms with E-state index in [-0.39, 0.29) is 18.0 Å². The molecule has 1 saturated heterocycles. The van der Waals surface area contributed by atoms with Crippen LogP contribution in [0.4, 0.5) is 5.82 Å². The lowest BCUT2D eigenvalue weighted by Crippen LogP contribution is -2.36. The van der Waals surface area contributed by atoms with Crippen LogP contribution in [0.15, 0.2) is 53.6 Å². The molecule has 0 aromatic carbocycles. The normalized spacial score (nSPS) is 13.9. The summed E-state index contributed by atoms with van der Waals surface area (Å²) in [5.41, 5.74) is 7.09. The molecule has 0 bridgehead atoms. The van der Waals surface area contributed by atoms with Gasteiger partial charge >= 0.3 is 0 Å². The van der Waals surface area contributed by atoms with E-state index in [0.29, 0.717) is 35.8 Å². The molecule has 1 aliphatic heterocycles. The van der Waals surface area contributed by atoms with Crippen LogP contribution in [-0.2, 0) is 11.3 Å². The fourth-order valence-corrected chi connectivity index (χ4v) is 5.47. The lowest BCUT2D eigenvalue weighted by atomic mass is 10.0. The van der Waals surface area contributed by atoms with E-state index in [2.05, 4.69) is 49.0 Å². The first-order chi connectivity index (χ1) is 20.2. The topological polar surface area (TPSA) is 104 Å². The fraction of sp³-hybridized carbons (Fsp3) is 0.344. The van der Waals surface area contributed by atoms with Crippen LogP contribution in [0.2, 0.25) is 0 Å². The van der Waals surface area contributed by atoms with E-state index < -0.39 is 0 Å². The molecule has 220 valence electrons. The monoisotopic (exact) mass is 570 g/mol. The molecule has 0 spiro atoms. The highest BCUT2D eigenvalue weighted by molar-refractivity contribution is 5.98. The maximum Gasteiger partial charge on any atom is 0.256 e. The zero-order chi connectivity index (χ0) is 30.0. The molecule has 10 nitrogen and oxygen atoms in total. The Bertz CT molecular complexity index is 1710. The van der Waals surface area contributed by atoms with Crippen molar-refractivity contribution >= 4 is 22.9 Å². The lowest BCUT2D eigenvalue weighted by Gasteiger charge is -2.32. The van der Waals surface area contributed by atoms with Gasteiger partial charge in [0, 0.05) is 61.9 Å². The van der Waals surface area contributed by atoms with Crippen LogP contribution in [0.1, 0.15) is 39.8 Å². The third kappa shape index (κ3) is 5.62. The molecule has 42 heavy (non-hydrogen) atoms. The number of aromatic amines is 1. The zero-order valence-corrected chi connectivity index (χ0v) is 25.1. The van der Waals surface area contributed by atoms with E-state index in [9.17, 15) is 9.59 Å². The Hall–Kier alpha value is -4.57. The number of aromatic nitrogens is 3. The van der Waals surface area contributed by atoms with Crippen molar-refractivity contribution < 1.29 is 14.3 Å². The molecule has 4 aromatic heterocycles. The number of allylic oxidation sites excluding steroid dienone is 1. The number of carbonyl (C=O) groups excluding carboxylic acids is 1. The maximum atomic E-state index is 13.8. The van der Waals surface area contributed by atoms with Crippen molar-refractivity contribution in [3.05, 3.63) is 87.2 Å². The van der Waals surface area contributed by atoms with Gasteiger partial charge < -0.3 is 34.0 Å². The Morgan fingerprint density at radius 1 is 1.17 bits per heavy atom. The summed E-state index contributed by atoms with van der Waals surface area (Å²) in [5, 5.41) is 2.96. The Balaban J connectivity index is 1.61. The predicted molar refractivity (Wildman–Crippen MR) is 165 cm³/mol. The Labute approximate surface area is 245 Å². The predicted octanol–water partition coefficient (Wildman–Crippen LogP) is 4.00. The number of amides is 1. The highest BCUT2D eigenvalue weighted by Crippen LogP contribution is 2.32. The van der Waals surface area contributed by atoms with Gasteiger partial charge in [0.05, 0.1) is 43.8 Å². The summed E-state index contributed by atoms with van der Waals surface area (Å²) in [7, 11) is 5.45. The molecular formula is C32H38N6O4. The maximum absolute atomic E-state index is 13.8. The van der Waals surface area contributed by atoms with Crippen molar-refractivity contribution in [1.29, 1.82) is 0 Å². The molecule has 2 N–H and O–H groups in total. The van der Waals surface area contributed by atoms with Gasteiger partial charge in [-0.2, -0.15) is 0 Å². The highest BCUT2D eigenvalue weighted by Gasteiger charge is 2.24. The number of pyridine rings is 3. The number of hydrogen-bond donors (Lipinski definition) is 2. The lowest BCUT2D eigenvalue weighted by molar-refractivity contribution is 0.0637. The molecular weight excluding hydrogens is 532 g/mol. The Kier molecular flexibility index (Phi) is 8.35. The molecule has 1 fully saturated rings. The van der Waals surface area contributed by atoms with Crippen molar-refractivity contribution in [2.75, 3.05) is 52.4 Å². The van der Waals surface area contributed by atoms with E-state index >= 15 is 0 Å². The van der Waals surface area contributed by atoms with Crippen LogP contribution < -0.4 is 20.5 Å². The van der Waals surface area contributed by atoms with Gasteiger partial charge in [-0.25, -0.2) is 4.98 Å². The highest BCUT2D eigenvalue weighted by atomic mass is 16.5. The van der Waals surface area contributed by atoms with Gasteiger partial charge in [-0.1, -0.05) is 6.08 Å². The average Bonchev–Trinajstić information content (AvgIpc) is 3.42. The van der Waals surface area contributed by atoms with Crippen molar-refractivity contribution in [1.82, 2.24) is 24.6 Å². The van der Waals surface area contributed by atoms with Crippen LogP contribution in [0, 0.1) is 13.8 Å². The second kappa shape index (κ2) is 12.1. The minimum Gasteiger partial charge on any atom is -0.496 e. The van der Waals surface area contributed by atoms with Crippen LogP contribution in [0.3, 0.4) is 0 Å². The van der Waals surface area contributed by atoms with E-state index in [1.54, 1.807) is 13.0 Å². The average molecular weight is 571 g/mol. The van der Waals surface area contributed by atoms with E-state index in [0.717, 1.165) is 52.5 Å². The molecule has 0 saturated carbocycles. The third-order valence-corrected chi connectivity index (χ3v) is 7.67. The molecule has 0 unspecified atom stereocenters. The molecule has 4 aromatic rings. The van der Waals surface area contributed by atoms with Gasteiger partial charge in [0.15, 0.2) is 0 Å². The van der Waals surface area contributed by atoms with E-state index in [4.69, 9.17) is 9.47 Å². The number of fused-ring (bicyclic) bond motifs is 1. The van der Waals surface area contributed by atoms with Crippen LogP contribution in [0.5, 0.6) is 5.75 Å². The van der Waals surface area contributed by atoms with Gasteiger partial charge in [0.1, 0.15) is 11.6 Å². The first-order valence-corrected chi connectivity index (χ1v) is 14.1. The molecule has 1 aliphatic rings. The Morgan fingerprint density at radius 2 is 1.93 bits per heavy atom. The number of methoxy groups -OCH3 is 1. The fourth-order valence-electron chi connectivity index (χ4n) is 5.47. The van der Waals surface area contributed by atoms with Gasteiger partial charge in [-0.15, -0.1) is 0 Å². The SMILES string of the molecule is C/C=C(/c1c(C)c(C(=O)NCc2c(OC)cc(C)[nH]c2=O)cc2cc(-c3ccnc(N(C)C)c3)cn12)N1CCOCC1. The summed E-state index contributed by atoms with van der Waals surface area (Å²) in [5.74, 6) is 1.04. The van der Waals surface area contributed by atoms with Gasteiger partial charge in [-0.05, 0) is 62.2 Å². The number of nitrogens with one attached hydrogen (secondary N) is 2. The smallest absolute Gasteiger partial charge is 0.256 e. The first kappa shape index (κ1) is 28.9. The summed E-state index contributed by atoms with van der Waals surface area (Å²) in [4.78, 5) is 37.9. The number of H-pyrrole nitrogens is 1. The van der Waals surface area contributed by atoms with Gasteiger partial charge in [0.2, 0.25) is 0 Å². The summed E-state index contributed by atoms with van der Waals surface area (Å²) in [6.07, 6.45) is 6.03. The number of aryl methyl sites for hydroxylation is 1. The van der Waals surface area contributed by atoms with Crippen LogP contribution in [-0.4, -0.2) is 72.7 Å². The van der Waals surface area contributed by atoms with Gasteiger partial charge in [0.25, 0.3) is 11.5 Å². The number of morpholine rings is 1. The minimum absolute atomic E-state index is 0.0358. The standard InChI is InChI=1S/C32H38N6O4/c1-7-27(37-10-12-42-13-11-37)30-21(3)25(31(39)34-18-26-28(41-6)14-20(2)35-32(26)40)17-24-15-23(19-38(24)30)22-8-9-33-29(16-22)36(4)5/h7-9,14-17,19H,10-13,18H2,1-6H3,(H,34,39)(H,35,40)/b27-7-. The first-order valence-electron chi connectivity index (χ1n) is 14.1. The molecule has 0 aliphatic carbocycles. The molecule has 5 rings (SSSR count). The number of hydrogen-bond acceptors (Lipinski definition) is 7. The number of anilines is 1. The summed E-state index contributed by atoms with van der Waals surface area (Å²) >= 11 is 0.